The number of carbonyl (C=O) groups excluding carboxylic acids is 1. The average molecular weight is 1040 g/mol. The van der Waals surface area contributed by atoms with Gasteiger partial charge in [0.15, 0.2) is 34.6 Å². The van der Waals surface area contributed by atoms with Crippen LogP contribution in [0.25, 0.3) is 32.7 Å². The lowest BCUT2D eigenvalue weighted by atomic mass is 10.2. The summed E-state index contributed by atoms with van der Waals surface area (Å²) in [6.07, 6.45) is 4.60. The molecule has 0 atom stereocenters. The van der Waals surface area contributed by atoms with Crippen LogP contribution < -0.4 is 43.2 Å². The lowest BCUT2D eigenvalue weighted by molar-refractivity contribution is -0.114. The summed E-state index contributed by atoms with van der Waals surface area (Å²) in [6.45, 7) is 2.91. The van der Waals surface area contributed by atoms with Crippen LogP contribution in [0.5, 0.6) is 46.0 Å². The van der Waals surface area contributed by atoms with E-state index in [4.69, 9.17) is 28.4 Å². The SMILES string of the molecule is COc1cc2nccc(Oc3ccc(NS(=O)(=O)c4cccc5cccnc45)c(F)c3)c2cc1OC.COc1cc2nccc(Oc3ccc(NS(=O)(=O)c4sc(NC(C)=O)cc4C)c(F)c3)c2cc1OC. The van der Waals surface area contributed by atoms with Crippen LogP contribution in [-0.4, -0.2) is 66.1 Å². The van der Waals surface area contributed by atoms with Crippen LogP contribution in [0.1, 0.15) is 12.5 Å². The number of nitrogens with one attached hydrogen (secondary N) is 3. The number of fused-ring (bicyclic) bond motifs is 3. The van der Waals surface area contributed by atoms with Crippen molar-refractivity contribution in [2.24, 2.45) is 0 Å². The first kappa shape index (κ1) is 50.1. The highest BCUT2D eigenvalue weighted by atomic mass is 32.2. The van der Waals surface area contributed by atoms with Crippen molar-refractivity contribution in [3.05, 3.63) is 145 Å². The molecule has 0 aliphatic carbocycles. The van der Waals surface area contributed by atoms with Crippen LogP contribution in [0.4, 0.5) is 25.2 Å². The largest absolute Gasteiger partial charge is 0.493 e. The fourth-order valence-electron chi connectivity index (χ4n) is 7.26. The second-order valence-electron chi connectivity index (χ2n) is 15.4. The molecule has 370 valence electrons. The number of pyridine rings is 3. The molecule has 0 spiro atoms. The number of aryl methyl sites for hydroxylation is 1. The Morgan fingerprint density at radius 3 is 1.57 bits per heavy atom. The Kier molecular flexibility index (Phi) is 14.6. The number of anilines is 3. The van der Waals surface area contributed by atoms with E-state index in [9.17, 15) is 30.4 Å². The number of methoxy groups -OCH3 is 4. The van der Waals surface area contributed by atoms with Gasteiger partial charge in [0.1, 0.15) is 32.1 Å². The first-order valence-corrected chi connectivity index (χ1v) is 25.0. The fraction of sp³-hybridized carbons (Fsp3) is 0.120. The minimum absolute atomic E-state index is 0.0291. The number of sulfonamides is 2. The van der Waals surface area contributed by atoms with Crippen LogP contribution in [0, 0.1) is 18.6 Å². The highest BCUT2D eigenvalue weighted by Gasteiger charge is 2.24. The molecule has 0 radical (unpaired) electrons. The second-order valence-corrected chi connectivity index (χ2v) is 19.9. The molecule has 4 aromatic heterocycles. The van der Waals surface area contributed by atoms with Crippen molar-refractivity contribution in [1.29, 1.82) is 0 Å². The number of benzene rings is 5. The molecule has 0 fully saturated rings. The van der Waals surface area contributed by atoms with Gasteiger partial charge in [-0.2, -0.15) is 0 Å². The molecule has 0 saturated carbocycles. The number of amides is 1. The van der Waals surface area contributed by atoms with Gasteiger partial charge in [-0.25, -0.2) is 25.6 Å². The van der Waals surface area contributed by atoms with E-state index < -0.39 is 31.7 Å². The molecule has 9 aromatic rings. The van der Waals surface area contributed by atoms with Gasteiger partial charge in [0.25, 0.3) is 20.0 Å². The Hall–Kier alpha value is -8.34. The zero-order valence-electron chi connectivity index (χ0n) is 38.9. The van der Waals surface area contributed by atoms with Crippen LogP contribution in [-0.2, 0) is 24.8 Å². The lowest BCUT2D eigenvalue weighted by Crippen LogP contribution is -2.14. The van der Waals surface area contributed by atoms with E-state index in [-0.39, 0.29) is 37.9 Å². The smallest absolute Gasteiger partial charge is 0.271 e. The zero-order valence-corrected chi connectivity index (χ0v) is 41.4. The van der Waals surface area contributed by atoms with E-state index in [2.05, 4.69) is 29.7 Å². The van der Waals surface area contributed by atoms with Crippen molar-refractivity contribution in [3.63, 3.8) is 0 Å². The third-order valence-corrected chi connectivity index (χ3v) is 15.1. The van der Waals surface area contributed by atoms with E-state index >= 15 is 0 Å². The fourth-order valence-corrected chi connectivity index (χ4v) is 11.2. The van der Waals surface area contributed by atoms with Gasteiger partial charge in [0.05, 0.1) is 61.4 Å². The van der Waals surface area contributed by atoms with Gasteiger partial charge in [-0.15, -0.1) is 11.3 Å². The number of rotatable bonds is 15. The average Bonchev–Trinajstić information content (AvgIpc) is 3.74. The molecule has 0 saturated heterocycles. The Balaban J connectivity index is 0.000000193. The van der Waals surface area contributed by atoms with Crippen LogP contribution in [0.2, 0.25) is 0 Å². The number of ether oxygens (including phenoxy) is 6. The van der Waals surface area contributed by atoms with Crippen molar-refractivity contribution in [1.82, 2.24) is 15.0 Å². The standard InChI is InChI=1S/C26H20FN3O5S.C24H22FN3O6S2/c1-33-23-14-18-21(15-24(23)34-2)28-12-10-22(18)35-17-8-9-20(19(27)13-17)30-36(31,32)25-7-3-5-16-6-4-11-29-26(16)25;1-13-9-23(27-14(2)29)35-24(13)36(30,31)28-18-6-5-15(10-17(18)25)34-20-7-8-26-19-12-22(33-4)21(32-3)11-16(19)20/h3-15,30H,1-2H3;5-12,28H,1-4H3,(H,27,29). The molecule has 5 aromatic carbocycles. The molecule has 9 rings (SSSR count). The molecule has 0 unspecified atom stereocenters. The molecule has 3 N–H and O–H groups in total. The Morgan fingerprint density at radius 1 is 0.569 bits per heavy atom. The first-order valence-electron chi connectivity index (χ1n) is 21.2. The van der Waals surface area contributed by atoms with Crippen LogP contribution in [0.15, 0.2) is 137 Å². The summed E-state index contributed by atoms with van der Waals surface area (Å²) in [5, 5.41) is 4.82. The summed E-state index contributed by atoms with van der Waals surface area (Å²) < 4.78 is 119. The van der Waals surface area contributed by atoms with Gasteiger partial charge in [-0.05, 0) is 79.2 Å². The minimum atomic E-state index is -4.10. The molecule has 1 amide bonds. The number of halogens is 2. The third-order valence-electron chi connectivity index (χ3n) is 10.5. The zero-order chi connectivity index (χ0) is 51.3. The van der Waals surface area contributed by atoms with E-state index in [0.29, 0.717) is 77.8 Å². The number of nitrogens with zero attached hydrogens (tertiary/aromatic N) is 3. The molecule has 0 aliphatic heterocycles. The van der Waals surface area contributed by atoms with Crippen molar-refractivity contribution >= 4 is 86.4 Å². The minimum Gasteiger partial charge on any atom is -0.493 e. The van der Waals surface area contributed by atoms with E-state index in [0.717, 1.165) is 23.5 Å². The van der Waals surface area contributed by atoms with Gasteiger partial charge in [-0.3, -0.25) is 29.2 Å². The van der Waals surface area contributed by atoms with E-state index in [1.165, 1.54) is 78.0 Å². The van der Waals surface area contributed by atoms with E-state index in [1.54, 1.807) is 80.0 Å². The number of aromatic nitrogens is 3. The van der Waals surface area contributed by atoms with E-state index in [1.807, 2.05) is 0 Å². The predicted octanol–water partition coefficient (Wildman–Crippen LogP) is 10.8. The Morgan fingerprint density at radius 2 is 1.07 bits per heavy atom. The van der Waals surface area contributed by atoms with Crippen LogP contribution >= 0.6 is 11.3 Å². The number of hydrogen-bond acceptors (Lipinski definition) is 15. The Bertz CT molecular complexity index is 3760. The van der Waals surface area contributed by atoms with Crippen molar-refractivity contribution in [3.8, 4) is 46.0 Å². The normalized spacial score (nSPS) is 11.3. The number of para-hydroxylation sites is 1. The van der Waals surface area contributed by atoms with Gasteiger partial charge >= 0.3 is 0 Å². The maximum Gasteiger partial charge on any atom is 0.271 e. The summed E-state index contributed by atoms with van der Waals surface area (Å²) in [6, 6.07) is 27.5. The number of carbonyl (C=O) groups is 1. The van der Waals surface area contributed by atoms with Gasteiger partial charge in [0, 0.05) is 65.9 Å². The predicted molar refractivity (Wildman–Crippen MR) is 269 cm³/mol. The summed E-state index contributed by atoms with van der Waals surface area (Å²) in [7, 11) is -2.13. The molecule has 17 nitrogen and oxygen atoms in total. The maximum absolute atomic E-state index is 15.0. The van der Waals surface area contributed by atoms with Gasteiger partial charge in [0.2, 0.25) is 5.91 Å². The topological polar surface area (TPSA) is 215 Å². The summed E-state index contributed by atoms with van der Waals surface area (Å²) in [5.74, 6) is 1.15. The second kappa shape index (κ2) is 20.9. The van der Waals surface area contributed by atoms with Crippen LogP contribution in [0.3, 0.4) is 0 Å². The Labute approximate surface area is 415 Å². The molecule has 22 heteroatoms. The molecular formula is C50H42F2N6O11S3. The van der Waals surface area contributed by atoms with Gasteiger partial charge in [-0.1, -0.05) is 18.2 Å². The molecule has 0 aliphatic rings. The summed E-state index contributed by atoms with van der Waals surface area (Å²) in [5.41, 5.74) is 1.43. The highest BCUT2D eigenvalue weighted by Crippen LogP contribution is 2.40. The summed E-state index contributed by atoms with van der Waals surface area (Å²) >= 11 is 0.877. The molecule has 4 heterocycles. The highest BCUT2D eigenvalue weighted by molar-refractivity contribution is 7.94. The first-order chi connectivity index (χ1) is 34.5. The molecule has 0 bridgehead atoms. The van der Waals surface area contributed by atoms with Gasteiger partial charge < -0.3 is 33.7 Å². The number of hydrogen-bond donors (Lipinski definition) is 3. The van der Waals surface area contributed by atoms with Crippen molar-refractivity contribution in [2.75, 3.05) is 43.2 Å². The lowest BCUT2D eigenvalue weighted by Gasteiger charge is -2.14. The molecular weight excluding hydrogens is 995 g/mol. The van der Waals surface area contributed by atoms with Crippen molar-refractivity contribution in [2.45, 2.75) is 23.0 Å². The quantitative estimate of drug-likeness (QED) is 0.0871. The third kappa shape index (κ3) is 10.8. The summed E-state index contributed by atoms with van der Waals surface area (Å²) in [4.78, 5) is 24.0. The molecule has 72 heavy (non-hydrogen) atoms. The van der Waals surface area contributed by atoms with Crippen molar-refractivity contribution < 1.29 is 58.8 Å². The number of thiophene rings is 1. The maximum atomic E-state index is 15.0. The monoisotopic (exact) mass is 1040 g/mol.